The lowest BCUT2D eigenvalue weighted by atomic mass is 10.4. The molecule has 1 heterocycles. The maximum atomic E-state index is 8.76. The van der Waals surface area contributed by atoms with E-state index in [9.17, 15) is 0 Å². The van der Waals surface area contributed by atoms with Crippen LogP contribution in [0, 0.1) is 5.41 Å². The summed E-state index contributed by atoms with van der Waals surface area (Å²) in [5.41, 5.74) is 5.17. The SMILES string of the molecule is N=C(N)c1[nH]cnc1O. The number of nitrogens with one attached hydrogen (secondary N) is 2. The van der Waals surface area contributed by atoms with Crippen LogP contribution in [0.2, 0.25) is 0 Å². The molecule has 0 aliphatic carbocycles. The van der Waals surface area contributed by atoms with E-state index in [4.69, 9.17) is 16.2 Å². The highest BCUT2D eigenvalue weighted by Crippen LogP contribution is 2.06. The third-order valence-corrected chi connectivity index (χ3v) is 0.889. The molecule has 1 aromatic heterocycles. The van der Waals surface area contributed by atoms with E-state index < -0.39 is 0 Å². The van der Waals surface area contributed by atoms with Gasteiger partial charge in [0.25, 0.3) is 0 Å². The first-order chi connectivity index (χ1) is 4.22. The zero-order valence-electron chi connectivity index (χ0n) is 4.55. The second-order valence-corrected chi connectivity index (χ2v) is 1.51. The van der Waals surface area contributed by atoms with Gasteiger partial charge in [-0.25, -0.2) is 4.98 Å². The Labute approximate surface area is 51.0 Å². The fourth-order valence-corrected chi connectivity index (χ4v) is 0.485. The van der Waals surface area contributed by atoms with Crippen molar-refractivity contribution in [2.45, 2.75) is 0 Å². The van der Waals surface area contributed by atoms with Crippen LogP contribution in [-0.4, -0.2) is 20.9 Å². The van der Waals surface area contributed by atoms with E-state index in [1.165, 1.54) is 6.33 Å². The summed E-state index contributed by atoms with van der Waals surface area (Å²) in [6.45, 7) is 0. The minimum absolute atomic E-state index is 0.162. The summed E-state index contributed by atoms with van der Waals surface area (Å²) in [6, 6.07) is 0. The molecular formula is C4H6N4O. The van der Waals surface area contributed by atoms with Gasteiger partial charge < -0.3 is 15.8 Å². The number of amidine groups is 1. The van der Waals surface area contributed by atoms with Crippen LogP contribution < -0.4 is 5.73 Å². The third-order valence-electron chi connectivity index (χ3n) is 0.889. The fourth-order valence-electron chi connectivity index (χ4n) is 0.485. The summed E-state index contributed by atoms with van der Waals surface area (Å²) in [4.78, 5) is 5.91. The van der Waals surface area contributed by atoms with Crippen molar-refractivity contribution in [2.75, 3.05) is 0 Å². The Hall–Kier alpha value is -1.52. The Balaban J connectivity index is 3.08. The lowest BCUT2D eigenvalue weighted by molar-refractivity contribution is 0.455. The molecule has 1 rings (SSSR count). The van der Waals surface area contributed by atoms with Crippen molar-refractivity contribution in [3.63, 3.8) is 0 Å². The molecule has 0 saturated carbocycles. The number of nitrogen functional groups attached to an aromatic ring is 1. The highest BCUT2D eigenvalue weighted by molar-refractivity contribution is 5.94. The van der Waals surface area contributed by atoms with Crippen LogP contribution in [0.1, 0.15) is 5.69 Å². The Bertz CT molecular complexity index is 228. The molecule has 0 bridgehead atoms. The van der Waals surface area contributed by atoms with Gasteiger partial charge in [0.1, 0.15) is 11.5 Å². The number of aromatic amines is 1. The number of H-pyrrole nitrogens is 1. The molecule has 0 aromatic carbocycles. The van der Waals surface area contributed by atoms with E-state index in [0.29, 0.717) is 0 Å². The second kappa shape index (κ2) is 1.77. The van der Waals surface area contributed by atoms with E-state index in [1.807, 2.05) is 0 Å². The smallest absolute Gasteiger partial charge is 0.240 e. The molecule has 1 aromatic rings. The van der Waals surface area contributed by atoms with Crippen LogP contribution in [0.5, 0.6) is 5.88 Å². The first-order valence-corrected chi connectivity index (χ1v) is 2.28. The average molecular weight is 126 g/mol. The summed E-state index contributed by atoms with van der Waals surface area (Å²) in [5, 5.41) is 15.6. The van der Waals surface area contributed by atoms with Crippen LogP contribution in [-0.2, 0) is 0 Å². The molecule has 0 atom stereocenters. The van der Waals surface area contributed by atoms with Gasteiger partial charge in [-0.05, 0) is 0 Å². The molecule has 0 amide bonds. The maximum absolute atomic E-state index is 8.76. The molecule has 5 nitrogen and oxygen atoms in total. The van der Waals surface area contributed by atoms with Crippen LogP contribution >= 0.6 is 0 Å². The Kier molecular flexibility index (Phi) is 1.11. The molecule has 5 heteroatoms. The van der Waals surface area contributed by atoms with Gasteiger partial charge in [0, 0.05) is 0 Å². The van der Waals surface area contributed by atoms with Crippen molar-refractivity contribution in [3.8, 4) is 5.88 Å². The predicted octanol–water partition coefficient (Wildman–Crippen LogP) is -0.601. The summed E-state index contributed by atoms with van der Waals surface area (Å²) in [7, 11) is 0. The summed E-state index contributed by atoms with van der Waals surface area (Å²) >= 11 is 0. The average Bonchev–Trinajstić information content (AvgIpc) is 2.13. The normalized spacial score (nSPS) is 9.33. The first-order valence-electron chi connectivity index (χ1n) is 2.28. The van der Waals surface area contributed by atoms with Crippen molar-refractivity contribution < 1.29 is 5.11 Å². The minimum atomic E-state index is -0.234. The molecule has 0 aliphatic heterocycles. The summed E-state index contributed by atoms with van der Waals surface area (Å²) in [6.07, 6.45) is 1.27. The molecule has 0 unspecified atom stereocenters. The van der Waals surface area contributed by atoms with Crippen LogP contribution in [0.15, 0.2) is 6.33 Å². The van der Waals surface area contributed by atoms with E-state index in [2.05, 4.69) is 9.97 Å². The number of aromatic hydroxyl groups is 1. The van der Waals surface area contributed by atoms with Crippen molar-refractivity contribution in [1.29, 1.82) is 5.41 Å². The van der Waals surface area contributed by atoms with Gasteiger partial charge in [-0.15, -0.1) is 0 Å². The van der Waals surface area contributed by atoms with Crippen molar-refractivity contribution in [1.82, 2.24) is 9.97 Å². The Morgan fingerprint density at radius 1 is 1.89 bits per heavy atom. The molecule has 0 radical (unpaired) electrons. The molecule has 9 heavy (non-hydrogen) atoms. The zero-order valence-corrected chi connectivity index (χ0v) is 4.55. The second-order valence-electron chi connectivity index (χ2n) is 1.51. The molecule has 0 spiro atoms. The monoisotopic (exact) mass is 126 g/mol. The quantitative estimate of drug-likeness (QED) is 0.298. The van der Waals surface area contributed by atoms with E-state index >= 15 is 0 Å². The number of imidazole rings is 1. The number of hydrogen-bond donors (Lipinski definition) is 4. The van der Waals surface area contributed by atoms with Gasteiger partial charge in [0.05, 0.1) is 6.33 Å². The van der Waals surface area contributed by atoms with Crippen molar-refractivity contribution >= 4 is 5.84 Å². The number of rotatable bonds is 1. The van der Waals surface area contributed by atoms with Gasteiger partial charge in [-0.3, -0.25) is 5.41 Å². The standard InChI is InChI=1S/C4H6N4O/c5-3(6)2-4(9)8-1-7-2/h1,9H,(H3,5,6)(H,7,8). The van der Waals surface area contributed by atoms with E-state index in [1.54, 1.807) is 0 Å². The third kappa shape index (κ3) is 0.835. The maximum Gasteiger partial charge on any atom is 0.240 e. The highest BCUT2D eigenvalue weighted by Gasteiger charge is 2.03. The molecule has 0 fully saturated rings. The molecule has 48 valence electrons. The lowest BCUT2D eigenvalue weighted by Gasteiger charge is -1.89. The van der Waals surface area contributed by atoms with E-state index in [0.717, 1.165) is 0 Å². The van der Waals surface area contributed by atoms with Crippen LogP contribution in [0.25, 0.3) is 0 Å². The Morgan fingerprint density at radius 3 is 2.78 bits per heavy atom. The summed E-state index contributed by atoms with van der Waals surface area (Å²) in [5.74, 6) is -0.451. The fraction of sp³-hybridized carbons (Fsp3) is 0. The topological polar surface area (TPSA) is 98.8 Å². The van der Waals surface area contributed by atoms with Crippen molar-refractivity contribution in [2.24, 2.45) is 5.73 Å². The predicted molar refractivity (Wildman–Crippen MR) is 31.3 cm³/mol. The summed E-state index contributed by atoms with van der Waals surface area (Å²) < 4.78 is 0. The first kappa shape index (κ1) is 5.61. The number of hydrogen-bond acceptors (Lipinski definition) is 3. The Morgan fingerprint density at radius 2 is 2.56 bits per heavy atom. The van der Waals surface area contributed by atoms with Gasteiger partial charge in [0.2, 0.25) is 5.88 Å². The zero-order chi connectivity index (χ0) is 6.85. The van der Waals surface area contributed by atoms with E-state index in [-0.39, 0.29) is 17.4 Å². The molecule has 0 saturated heterocycles. The minimum Gasteiger partial charge on any atom is -0.492 e. The van der Waals surface area contributed by atoms with Crippen LogP contribution in [0.3, 0.4) is 0 Å². The van der Waals surface area contributed by atoms with Crippen molar-refractivity contribution in [3.05, 3.63) is 12.0 Å². The largest absolute Gasteiger partial charge is 0.492 e. The number of aromatic nitrogens is 2. The molecule has 5 N–H and O–H groups in total. The molecular weight excluding hydrogens is 120 g/mol. The van der Waals surface area contributed by atoms with Gasteiger partial charge in [-0.1, -0.05) is 0 Å². The highest BCUT2D eigenvalue weighted by atomic mass is 16.3. The van der Waals surface area contributed by atoms with Gasteiger partial charge in [0.15, 0.2) is 0 Å². The van der Waals surface area contributed by atoms with Crippen LogP contribution in [0.4, 0.5) is 0 Å². The lowest BCUT2D eigenvalue weighted by Crippen LogP contribution is -2.11. The van der Waals surface area contributed by atoms with Gasteiger partial charge >= 0.3 is 0 Å². The molecule has 0 aliphatic rings. The van der Waals surface area contributed by atoms with Gasteiger partial charge in [-0.2, -0.15) is 0 Å². The number of nitrogens with two attached hydrogens (primary N) is 1. The number of nitrogens with zero attached hydrogens (tertiary/aromatic N) is 1.